The fourth-order valence-corrected chi connectivity index (χ4v) is 4.98. The van der Waals surface area contributed by atoms with Gasteiger partial charge >= 0.3 is 0 Å². The summed E-state index contributed by atoms with van der Waals surface area (Å²) in [5.74, 6) is 0.131. The monoisotopic (exact) mass is 449 g/mol. The van der Waals surface area contributed by atoms with Gasteiger partial charge in [0.25, 0.3) is 5.91 Å². The molecule has 1 saturated carbocycles. The molecule has 176 valence electrons. The minimum Gasteiger partial charge on any atom is -0.353 e. The van der Waals surface area contributed by atoms with Crippen molar-refractivity contribution in [1.29, 1.82) is 0 Å². The van der Waals surface area contributed by atoms with Crippen LogP contribution in [0.2, 0.25) is 0 Å². The van der Waals surface area contributed by atoms with Crippen LogP contribution < -0.4 is 10.6 Å². The molecule has 2 aromatic rings. The summed E-state index contributed by atoms with van der Waals surface area (Å²) in [7, 11) is 0. The first kappa shape index (κ1) is 23.4. The number of hydrogen-bond acceptors (Lipinski definition) is 5. The van der Waals surface area contributed by atoms with Gasteiger partial charge in [0.2, 0.25) is 5.91 Å². The van der Waals surface area contributed by atoms with E-state index in [1.807, 2.05) is 25.1 Å². The summed E-state index contributed by atoms with van der Waals surface area (Å²) in [4.78, 5) is 35.8. The van der Waals surface area contributed by atoms with Crippen molar-refractivity contribution < 1.29 is 9.59 Å². The van der Waals surface area contributed by atoms with Crippen LogP contribution in [0.3, 0.4) is 0 Å². The van der Waals surface area contributed by atoms with Gasteiger partial charge in [-0.25, -0.2) is 9.97 Å². The zero-order valence-corrected chi connectivity index (χ0v) is 19.7. The summed E-state index contributed by atoms with van der Waals surface area (Å²) in [6, 6.07) is 10.3. The lowest BCUT2D eigenvalue weighted by molar-refractivity contribution is -0.127. The molecule has 1 aromatic carbocycles. The van der Waals surface area contributed by atoms with Crippen LogP contribution in [0, 0.1) is 12.8 Å². The number of rotatable bonds is 6. The normalized spacial score (nSPS) is 19.1. The first-order valence-corrected chi connectivity index (χ1v) is 12.2. The van der Waals surface area contributed by atoms with E-state index in [4.69, 9.17) is 0 Å². The maximum Gasteiger partial charge on any atom is 0.274 e. The number of nitrogens with one attached hydrogen (secondary N) is 2. The van der Waals surface area contributed by atoms with Gasteiger partial charge in [0.05, 0.1) is 0 Å². The number of aryl methyl sites for hydroxylation is 1. The van der Waals surface area contributed by atoms with E-state index in [2.05, 4.69) is 38.5 Å². The van der Waals surface area contributed by atoms with Crippen molar-refractivity contribution in [3.05, 3.63) is 53.6 Å². The van der Waals surface area contributed by atoms with E-state index in [1.54, 1.807) is 6.07 Å². The first-order chi connectivity index (χ1) is 16.0. The van der Waals surface area contributed by atoms with Crippen molar-refractivity contribution in [3.8, 4) is 0 Å². The van der Waals surface area contributed by atoms with E-state index in [0.29, 0.717) is 11.7 Å². The summed E-state index contributed by atoms with van der Waals surface area (Å²) < 4.78 is 0. The van der Waals surface area contributed by atoms with Crippen LogP contribution in [0.25, 0.3) is 0 Å². The number of amides is 2. The topological polar surface area (TPSA) is 87.2 Å². The third-order valence-electron chi connectivity index (χ3n) is 7.06. The molecule has 1 atom stereocenters. The van der Waals surface area contributed by atoms with E-state index in [-0.39, 0.29) is 23.8 Å². The van der Waals surface area contributed by atoms with Crippen LogP contribution in [0.4, 0.5) is 5.69 Å². The van der Waals surface area contributed by atoms with Crippen LogP contribution in [0.5, 0.6) is 0 Å². The Morgan fingerprint density at radius 3 is 2.52 bits per heavy atom. The minimum absolute atomic E-state index is 0.123. The highest BCUT2D eigenvalue weighted by Crippen LogP contribution is 2.28. The van der Waals surface area contributed by atoms with E-state index in [1.165, 1.54) is 25.6 Å². The molecular formula is C26H35N5O2. The predicted octanol–water partition coefficient (Wildman–Crippen LogP) is 4.26. The number of benzene rings is 1. The maximum absolute atomic E-state index is 12.7. The van der Waals surface area contributed by atoms with Gasteiger partial charge in [0.15, 0.2) is 0 Å². The lowest BCUT2D eigenvalue weighted by Crippen LogP contribution is -2.44. The van der Waals surface area contributed by atoms with E-state index in [0.717, 1.165) is 55.7 Å². The zero-order chi connectivity index (χ0) is 23.2. The standard InChI is InChI=1S/C26H35N5O2/c1-18-15-24(28-17-27-18)26(33)30-23-10-6-7-21(16-23)19(2)31-13-11-20(12-14-31)25(32)29-22-8-4-3-5-9-22/h6-7,10,15-17,19-20,22H,3-5,8-9,11-14H2,1-2H3,(H,29,32)(H,30,33). The second kappa shape index (κ2) is 10.9. The number of hydrogen-bond donors (Lipinski definition) is 2. The summed E-state index contributed by atoms with van der Waals surface area (Å²) >= 11 is 0. The number of carbonyl (C=O) groups is 2. The van der Waals surface area contributed by atoms with E-state index >= 15 is 0 Å². The summed E-state index contributed by atoms with van der Waals surface area (Å²) in [5.41, 5.74) is 3.02. The Morgan fingerprint density at radius 1 is 1.03 bits per heavy atom. The largest absolute Gasteiger partial charge is 0.353 e. The molecule has 1 aliphatic carbocycles. The average molecular weight is 450 g/mol. The Hall–Kier alpha value is -2.80. The zero-order valence-electron chi connectivity index (χ0n) is 19.7. The second-order valence-corrected chi connectivity index (χ2v) is 9.45. The van der Waals surface area contributed by atoms with Gasteiger partial charge in [0, 0.05) is 29.4 Å². The maximum atomic E-state index is 12.7. The number of aromatic nitrogens is 2. The third kappa shape index (κ3) is 6.16. The summed E-state index contributed by atoms with van der Waals surface area (Å²) in [6.07, 6.45) is 9.23. The summed E-state index contributed by atoms with van der Waals surface area (Å²) in [5, 5.41) is 6.24. The Balaban J connectivity index is 1.31. The quantitative estimate of drug-likeness (QED) is 0.688. The molecule has 4 rings (SSSR count). The van der Waals surface area contributed by atoms with Gasteiger partial charge in [-0.2, -0.15) is 0 Å². The smallest absolute Gasteiger partial charge is 0.274 e. The van der Waals surface area contributed by atoms with Crippen molar-refractivity contribution in [3.63, 3.8) is 0 Å². The number of piperidine rings is 1. The van der Waals surface area contributed by atoms with Gasteiger partial charge in [-0.15, -0.1) is 0 Å². The molecule has 0 radical (unpaired) electrons. The van der Waals surface area contributed by atoms with Crippen molar-refractivity contribution in [2.24, 2.45) is 5.92 Å². The predicted molar refractivity (Wildman–Crippen MR) is 129 cm³/mol. The Bertz CT molecular complexity index is 965. The van der Waals surface area contributed by atoms with E-state index in [9.17, 15) is 9.59 Å². The molecule has 1 unspecified atom stereocenters. The molecule has 1 aromatic heterocycles. The van der Waals surface area contributed by atoms with Crippen molar-refractivity contribution in [2.45, 2.75) is 70.9 Å². The molecule has 7 heteroatoms. The van der Waals surface area contributed by atoms with Crippen LogP contribution in [-0.2, 0) is 4.79 Å². The van der Waals surface area contributed by atoms with Gasteiger partial charge in [0.1, 0.15) is 12.0 Å². The molecule has 2 heterocycles. The number of likely N-dealkylation sites (tertiary alicyclic amines) is 1. The number of anilines is 1. The lowest BCUT2D eigenvalue weighted by Gasteiger charge is -2.36. The molecule has 0 bridgehead atoms. The molecule has 1 saturated heterocycles. The molecule has 1 aliphatic heterocycles. The molecule has 33 heavy (non-hydrogen) atoms. The van der Waals surface area contributed by atoms with Crippen molar-refractivity contribution in [2.75, 3.05) is 18.4 Å². The van der Waals surface area contributed by atoms with Gasteiger partial charge in [-0.05, 0) is 76.4 Å². The Labute approximate surface area is 196 Å². The Kier molecular flexibility index (Phi) is 7.70. The van der Waals surface area contributed by atoms with Crippen LogP contribution >= 0.6 is 0 Å². The fraction of sp³-hybridized carbons (Fsp3) is 0.538. The van der Waals surface area contributed by atoms with Gasteiger partial charge in [-0.3, -0.25) is 14.5 Å². The highest BCUT2D eigenvalue weighted by atomic mass is 16.2. The van der Waals surface area contributed by atoms with Crippen molar-refractivity contribution in [1.82, 2.24) is 20.2 Å². The summed E-state index contributed by atoms with van der Waals surface area (Å²) in [6.45, 7) is 5.84. The van der Waals surface area contributed by atoms with Gasteiger partial charge < -0.3 is 10.6 Å². The highest BCUT2D eigenvalue weighted by molar-refractivity contribution is 6.02. The first-order valence-electron chi connectivity index (χ1n) is 12.2. The second-order valence-electron chi connectivity index (χ2n) is 9.45. The SMILES string of the molecule is Cc1cc(C(=O)Nc2cccc(C(C)N3CCC(C(=O)NC4CCCCC4)CC3)c2)ncn1. The lowest BCUT2D eigenvalue weighted by atomic mass is 9.91. The van der Waals surface area contributed by atoms with E-state index < -0.39 is 0 Å². The van der Waals surface area contributed by atoms with Crippen LogP contribution in [0.1, 0.15) is 79.7 Å². The number of carbonyl (C=O) groups excluding carboxylic acids is 2. The molecule has 2 fully saturated rings. The molecule has 2 aliphatic rings. The molecule has 2 amide bonds. The Morgan fingerprint density at radius 2 is 1.79 bits per heavy atom. The fourth-order valence-electron chi connectivity index (χ4n) is 4.98. The minimum atomic E-state index is -0.241. The molecule has 2 N–H and O–H groups in total. The van der Waals surface area contributed by atoms with Crippen molar-refractivity contribution >= 4 is 17.5 Å². The molecule has 7 nitrogen and oxygen atoms in total. The van der Waals surface area contributed by atoms with Crippen LogP contribution in [0.15, 0.2) is 36.7 Å². The average Bonchev–Trinajstić information content (AvgIpc) is 2.84. The highest BCUT2D eigenvalue weighted by Gasteiger charge is 2.29. The van der Waals surface area contributed by atoms with Gasteiger partial charge in [-0.1, -0.05) is 31.4 Å². The molecule has 0 spiro atoms. The third-order valence-corrected chi connectivity index (χ3v) is 7.06. The van der Waals surface area contributed by atoms with Crippen LogP contribution in [-0.4, -0.2) is 45.8 Å². The molecular weight excluding hydrogens is 414 g/mol. The number of nitrogens with zero attached hydrogens (tertiary/aromatic N) is 3.